The molecule has 0 aliphatic heterocycles. The van der Waals surface area contributed by atoms with E-state index in [1.807, 2.05) is 0 Å². The van der Waals surface area contributed by atoms with Gasteiger partial charge in [-0.25, -0.2) is 8.42 Å². The van der Waals surface area contributed by atoms with Crippen molar-refractivity contribution in [1.82, 2.24) is 14.1 Å². The minimum atomic E-state index is -4.81. The number of fused-ring (bicyclic) bond motifs is 1. The van der Waals surface area contributed by atoms with Crippen molar-refractivity contribution >= 4 is 26.8 Å². The summed E-state index contributed by atoms with van der Waals surface area (Å²) in [5.74, 6) is -1.06. The molecule has 13 heteroatoms. The molecule has 1 aliphatic rings. The SMILES string of the molecule is CCS(=O)c1cc(C(F)(F)F)cc(S(=O)(=O)N(C)[C@@H]2CCCc3c2cnn3CC(=O)O)c1. The molecule has 1 N–H and O–H groups in total. The van der Waals surface area contributed by atoms with Crippen molar-refractivity contribution in [3.8, 4) is 0 Å². The Morgan fingerprint density at radius 2 is 2.03 bits per heavy atom. The molecule has 1 unspecified atom stereocenters. The number of sulfonamides is 1. The van der Waals surface area contributed by atoms with Gasteiger partial charge in [0.2, 0.25) is 10.0 Å². The van der Waals surface area contributed by atoms with Crippen LogP contribution in [0.1, 0.15) is 42.6 Å². The summed E-state index contributed by atoms with van der Waals surface area (Å²) >= 11 is 0. The van der Waals surface area contributed by atoms with Gasteiger partial charge in [-0.05, 0) is 37.5 Å². The number of alkyl halides is 3. The molecule has 0 bridgehead atoms. The first kappa shape index (κ1) is 24.4. The fourth-order valence-electron chi connectivity index (χ4n) is 3.75. The van der Waals surface area contributed by atoms with Gasteiger partial charge in [0.15, 0.2) is 0 Å². The van der Waals surface area contributed by atoms with E-state index in [9.17, 15) is 30.6 Å². The quantitative estimate of drug-likeness (QED) is 0.635. The molecule has 0 saturated heterocycles. The predicted molar refractivity (Wildman–Crippen MR) is 109 cm³/mol. The smallest absolute Gasteiger partial charge is 0.416 e. The van der Waals surface area contributed by atoms with E-state index in [0.29, 0.717) is 42.7 Å². The van der Waals surface area contributed by atoms with Gasteiger partial charge in [0.25, 0.3) is 0 Å². The van der Waals surface area contributed by atoms with E-state index in [1.165, 1.54) is 24.9 Å². The van der Waals surface area contributed by atoms with Crippen LogP contribution in [0.2, 0.25) is 0 Å². The third kappa shape index (κ3) is 4.74. The molecule has 1 heterocycles. The second kappa shape index (κ2) is 8.94. The van der Waals surface area contributed by atoms with Crippen LogP contribution in [-0.4, -0.2) is 50.6 Å². The highest BCUT2D eigenvalue weighted by atomic mass is 32.2. The molecule has 0 radical (unpaired) electrons. The average molecular weight is 494 g/mol. The molecule has 8 nitrogen and oxygen atoms in total. The molecule has 0 fully saturated rings. The van der Waals surface area contributed by atoms with E-state index < -0.39 is 49.5 Å². The van der Waals surface area contributed by atoms with Gasteiger partial charge >= 0.3 is 12.1 Å². The van der Waals surface area contributed by atoms with Gasteiger partial charge in [-0.1, -0.05) is 6.92 Å². The van der Waals surface area contributed by atoms with Crippen molar-refractivity contribution in [2.75, 3.05) is 12.8 Å². The highest BCUT2D eigenvalue weighted by Gasteiger charge is 2.37. The zero-order chi connectivity index (χ0) is 23.8. The van der Waals surface area contributed by atoms with Crippen molar-refractivity contribution in [2.45, 2.75) is 54.7 Å². The van der Waals surface area contributed by atoms with Crippen LogP contribution in [0.5, 0.6) is 0 Å². The summed E-state index contributed by atoms with van der Waals surface area (Å²) in [5, 5.41) is 13.1. The fraction of sp³-hybridized carbons (Fsp3) is 0.474. The highest BCUT2D eigenvalue weighted by Crippen LogP contribution is 2.38. The van der Waals surface area contributed by atoms with Gasteiger partial charge in [0, 0.05) is 29.0 Å². The van der Waals surface area contributed by atoms with E-state index in [4.69, 9.17) is 5.11 Å². The maximum atomic E-state index is 13.4. The first-order valence-electron chi connectivity index (χ1n) is 9.71. The van der Waals surface area contributed by atoms with Crippen molar-refractivity contribution in [3.05, 3.63) is 41.2 Å². The van der Waals surface area contributed by atoms with Crippen LogP contribution < -0.4 is 0 Å². The van der Waals surface area contributed by atoms with Gasteiger partial charge in [-0.3, -0.25) is 13.7 Å². The number of rotatable bonds is 7. The minimum absolute atomic E-state index is 0.0331. The number of hydrogen-bond donors (Lipinski definition) is 1. The first-order chi connectivity index (χ1) is 14.9. The van der Waals surface area contributed by atoms with Crippen LogP contribution in [0.4, 0.5) is 13.2 Å². The Bertz CT molecular complexity index is 1160. The Morgan fingerprint density at radius 1 is 1.34 bits per heavy atom. The number of carboxylic acids is 1. The predicted octanol–water partition coefficient (Wildman–Crippen LogP) is 2.81. The highest BCUT2D eigenvalue weighted by molar-refractivity contribution is 7.89. The standard InChI is InChI=1S/C19H22F3N3O5S2/c1-3-31(28)13-7-12(19(20,21)22)8-14(9-13)32(29,30)24(2)16-5-4-6-17-15(16)10-23-25(17)11-18(26)27/h7-10,16H,3-6,11H2,1-2H3,(H,26,27)/t16-,31?/m1/s1. The van der Waals surface area contributed by atoms with Gasteiger partial charge in [-0.15, -0.1) is 0 Å². The van der Waals surface area contributed by atoms with E-state index in [0.717, 1.165) is 10.4 Å². The number of aliphatic carboxylic acids is 1. The van der Waals surface area contributed by atoms with Gasteiger partial charge in [0.05, 0.1) is 33.5 Å². The molecule has 1 aromatic heterocycles. The third-order valence-electron chi connectivity index (χ3n) is 5.36. The summed E-state index contributed by atoms with van der Waals surface area (Å²) in [5.41, 5.74) is -0.0854. The van der Waals surface area contributed by atoms with Crippen LogP contribution in [-0.2, 0) is 44.8 Å². The second-order valence-corrected chi connectivity index (χ2v) is 11.1. The molecule has 0 saturated carbocycles. The number of halogens is 3. The minimum Gasteiger partial charge on any atom is -0.480 e. The van der Waals surface area contributed by atoms with Crippen LogP contribution >= 0.6 is 0 Å². The molecule has 2 aromatic rings. The van der Waals surface area contributed by atoms with Crippen LogP contribution in [0.25, 0.3) is 0 Å². The lowest BCUT2D eigenvalue weighted by Crippen LogP contribution is -2.33. The normalized spacial score (nSPS) is 17.9. The molecule has 176 valence electrons. The number of aromatic nitrogens is 2. The fourth-order valence-corrected chi connectivity index (χ4v) is 6.12. The number of carbonyl (C=O) groups is 1. The molecule has 0 amide bonds. The lowest BCUT2D eigenvalue weighted by atomic mass is 9.93. The summed E-state index contributed by atoms with van der Waals surface area (Å²) in [7, 11) is -4.92. The Hall–Kier alpha value is -2.25. The van der Waals surface area contributed by atoms with Crippen molar-refractivity contribution in [1.29, 1.82) is 0 Å². The van der Waals surface area contributed by atoms with Crippen molar-refractivity contribution in [2.24, 2.45) is 0 Å². The Labute approximate surface area is 185 Å². The Kier molecular flexibility index (Phi) is 6.82. The van der Waals surface area contributed by atoms with Crippen LogP contribution in [0, 0.1) is 0 Å². The molecule has 1 aliphatic carbocycles. The van der Waals surface area contributed by atoms with Crippen LogP contribution in [0.3, 0.4) is 0 Å². The topological polar surface area (TPSA) is 110 Å². The molecule has 0 spiro atoms. The molecular formula is C19H22F3N3O5S2. The van der Waals surface area contributed by atoms with Gasteiger partial charge in [0.1, 0.15) is 6.54 Å². The summed E-state index contributed by atoms with van der Waals surface area (Å²) in [4.78, 5) is 10.2. The first-order valence-corrected chi connectivity index (χ1v) is 12.5. The lowest BCUT2D eigenvalue weighted by Gasteiger charge is -2.31. The molecular weight excluding hydrogens is 471 g/mol. The Morgan fingerprint density at radius 3 is 2.62 bits per heavy atom. The van der Waals surface area contributed by atoms with E-state index in [-0.39, 0.29) is 17.2 Å². The number of carboxylic acid groups (broad SMARTS) is 1. The molecule has 32 heavy (non-hydrogen) atoms. The summed E-state index contributed by atoms with van der Waals surface area (Å²) in [6.45, 7) is 1.15. The van der Waals surface area contributed by atoms with E-state index in [1.54, 1.807) is 0 Å². The average Bonchev–Trinajstić information content (AvgIpc) is 3.13. The molecule has 1 aromatic carbocycles. The Balaban J connectivity index is 2.05. The number of hydrogen-bond acceptors (Lipinski definition) is 5. The van der Waals surface area contributed by atoms with Crippen molar-refractivity contribution in [3.63, 3.8) is 0 Å². The number of benzene rings is 1. The largest absolute Gasteiger partial charge is 0.480 e. The zero-order valence-corrected chi connectivity index (χ0v) is 18.9. The third-order valence-corrected chi connectivity index (χ3v) is 8.49. The molecule has 2 atom stereocenters. The summed E-state index contributed by atoms with van der Waals surface area (Å²) in [6.07, 6.45) is -1.95. The summed E-state index contributed by atoms with van der Waals surface area (Å²) in [6, 6.07) is 1.53. The lowest BCUT2D eigenvalue weighted by molar-refractivity contribution is -0.138. The van der Waals surface area contributed by atoms with Gasteiger partial charge in [-0.2, -0.15) is 22.6 Å². The second-order valence-electron chi connectivity index (χ2n) is 7.35. The monoisotopic (exact) mass is 493 g/mol. The number of nitrogens with zero attached hydrogens (tertiary/aromatic N) is 3. The maximum Gasteiger partial charge on any atom is 0.416 e. The van der Waals surface area contributed by atoms with Crippen molar-refractivity contribution < 1.29 is 35.7 Å². The summed E-state index contributed by atoms with van der Waals surface area (Å²) < 4.78 is 81.2. The maximum absolute atomic E-state index is 13.4. The van der Waals surface area contributed by atoms with E-state index >= 15 is 0 Å². The molecule has 3 rings (SSSR count). The van der Waals surface area contributed by atoms with Crippen LogP contribution in [0.15, 0.2) is 34.2 Å². The zero-order valence-electron chi connectivity index (χ0n) is 17.3. The van der Waals surface area contributed by atoms with Gasteiger partial charge < -0.3 is 5.11 Å². The van der Waals surface area contributed by atoms with E-state index in [2.05, 4.69) is 5.10 Å².